The molecule has 2 rings (SSSR count). The van der Waals surface area contributed by atoms with Gasteiger partial charge in [-0.2, -0.15) is 0 Å². The summed E-state index contributed by atoms with van der Waals surface area (Å²) >= 11 is 0. The van der Waals surface area contributed by atoms with Crippen molar-refractivity contribution in [3.05, 3.63) is 62.5 Å². The van der Waals surface area contributed by atoms with Gasteiger partial charge in [-0.25, -0.2) is 9.59 Å². The number of hydrogen-bond acceptors (Lipinski definition) is 9. The van der Waals surface area contributed by atoms with Crippen LogP contribution in [-0.4, -0.2) is 43.2 Å². The Balaban J connectivity index is 0.00000450. The number of carbonyl (C=O) groups excluding carboxylic acids is 2. The Hall–Kier alpha value is -2.66. The van der Waals surface area contributed by atoms with Gasteiger partial charge in [0.2, 0.25) is 0 Å². The van der Waals surface area contributed by atoms with E-state index in [1.54, 1.807) is 19.9 Å². The number of ether oxygens (including phenoxy) is 2. The van der Waals surface area contributed by atoms with Crippen LogP contribution in [0.2, 0.25) is 0 Å². The molecule has 0 unspecified atom stereocenters. The molecule has 1 aromatic carbocycles. The standard InChI is InChI=1S/C19H24N4O6.2ClH/c1-11-15(18(24)28-9-7-20)17(13-5-3-4-6-14(13)23(26)27)16(12(2)22-11)19(25)29-10-8-21;;/h3-6,17,22H,7-10,20-21H2,1-2H3;2*1H. The van der Waals surface area contributed by atoms with E-state index in [9.17, 15) is 19.7 Å². The molecule has 0 radical (unpaired) electrons. The minimum atomic E-state index is -1.05. The summed E-state index contributed by atoms with van der Waals surface area (Å²) in [6, 6.07) is 5.92. The Morgan fingerprint density at radius 3 is 1.87 bits per heavy atom. The highest BCUT2D eigenvalue weighted by atomic mass is 35.5. The zero-order valence-electron chi connectivity index (χ0n) is 17.1. The summed E-state index contributed by atoms with van der Waals surface area (Å²) < 4.78 is 10.3. The van der Waals surface area contributed by atoms with Crippen molar-refractivity contribution < 1.29 is 24.0 Å². The number of hydrogen-bond donors (Lipinski definition) is 3. The maximum atomic E-state index is 12.8. The number of dihydropyridines is 1. The van der Waals surface area contributed by atoms with E-state index in [1.807, 2.05) is 0 Å². The highest BCUT2D eigenvalue weighted by Crippen LogP contribution is 2.42. The molecule has 0 aromatic heterocycles. The van der Waals surface area contributed by atoms with E-state index in [4.69, 9.17) is 20.9 Å². The number of nitrogens with two attached hydrogens (primary N) is 2. The van der Waals surface area contributed by atoms with Gasteiger partial charge in [0.05, 0.1) is 22.0 Å². The van der Waals surface area contributed by atoms with Crippen molar-refractivity contribution in [2.75, 3.05) is 26.3 Å². The number of rotatable bonds is 8. The minimum absolute atomic E-state index is 0. The van der Waals surface area contributed by atoms with Gasteiger partial charge in [0.15, 0.2) is 0 Å². The van der Waals surface area contributed by atoms with Gasteiger partial charge in [-0.15, -0.1) is 24.8 Å². The number of nitro benzene ring substituents is 1. The number of para-hydroxylation sites is 1. The molecule has 0 saturated heterocycles. The molecule has 0 fully saturated rings. The molecular weight excluding hydrogens is 451 g/mol. The number of halogens is 2. The smallest absolute Gasteiger partial charge is 0.336 e. The monoisotopic (exact) mass is 476 g/mol. The average molecular weight is 477 g/mol. The van der Waals surface area contributed by atoms with E-state index in [0.29, 0.717) is 11.4 Å². The van der Waals surface area contributed by atoms with Gasteiger partial charge in [0.25, 0.3) is 5.69 Å². The minimum Gasteiger partial charge on any atom is -0.461 e. The third kappa shape index (κ3) is 6.41. The first kappa shape index (κ1) is 28.3. The van der Waals surface area contributed by atoms with Gasteiger partial charge >= 0.3 is 11.9 Å². The van der Waals surface area contributed by atoms with E-state index < -0.39 is 22.8 Å². The number of benzene rings is 1. The number of allylic oxidation sites excluding steroid dienone is 2. The lowest BCUT2D eigenvalue weighted by Crippen LogP contribution is -2.33. The topological polar surface area (TPSA) is 160 Å². The molecule has 1 heterocycles. The second-order valence-electron chi connectivity index (χ2n) is 6.30. The molecule has 1 aliphatic rings. The normalized spacial score (nSPS) is 13.5. The van der Waals surface area contributed by atoms with E-state index in [0.717, 1.165) is 0 Å². The van der Waals surface area contributed by atoms with Crippen molar-refractivity contribution in [2.45, 2.75) is 19.8 Å². The summed E-state index contributed by atoms with van der Waals surface area (Å²) in [4.78, 5) is 36.6. The molecule has 0 bridgehead atoms. The van der Waals surface area contributed by atoms with Crippen LogP contribution in [0.4, 0.5) is 5.69 Å². The van der Waals surface area contributed by atoms with E-state index in [1.165, 1.54) is 18.2 Å². The lowest BCUT2D eigenvalue weighted by molar-refractivity contribution is -0.385. The number of nitro groups is 1. The van der Waals surface area contributed by atoms with Crippen LogP contribution in [0.5, 0.6) is 0 Å². The summed E-state index contributed by atoms with van der Waals surface area (Å²) in [6.07, 6.45) is 0. The predicted octanol–water partition coefficient (Wildman–Crippen LogP) is 1.68. The first-order chi connectivity index (χ1) is 13.8. The molecule has 0 spiro atoms. The summed E-state index contributed by atoms with van der Waals surface area (Å²) in [7, 11) is 0. The van der Waals surface area contributed by atoms with E-state index in [-0.39, 0.29) is 73.5 Å². The van der Waals surface area contributed by atoms with Crippen LogP contribution >= 0.6 is 24.8 Å². The lowest BCUT2D eigenvalue weighted by atomic mass is 9.79. The summed E-state index contributed by atoms with van der Waals surface area (Å²) in [6.45, 7) is 3.42. The molecule has 172 valence electrons. The number of esters is 2. The van der Waals surface area contributed by atoms with Crippen molar-refractivity contribution in [3.8, 4) is 0 Å². The first-order valence-electron chi connectivity index (χ1n) is 8.99. The highest BCUT2D eigenvalue weighted by molar-refractivity contribution is 6.00. The highest BCUT2D eigenvalue weighted by Gasteiger charge is 2.40. The Kier molecular flexibility index (Phi) is 11.8. The van der Waals surface area contributed by atoms with E-state index >= 15 is 0 Å². The number of carbonyl (C=O) groups is 2. The third-order valence-corrected chi connectivity index (χ3v) is 4.35. The molecular formula is C19H26Cl2N4O6. The fourth-order valence-electron chi connectivity index (χ4n) is 3.20. The van der Waals surface area contributed by atoms with Crippen LogP contribution in [0.3, 0.4) is 0 Å². The molecule has 5 N–H and O–H groups in total. The number of nitrogens with one attached hydrogen (secondary N) is 1. The van der Waals surface area contributed by atoms with Gasteiger partial charge in [0, 0.05) is 36.1 Å². The Labute approximate surface area is 192 Å². The average Bonchev–Trinajstić information content (AvgIpc) is 2.69. The fourth-order valence-corrected chi connectivity index (χ4v) is 3.20. The molecule has 31 heavy (non-hydrogen) atoms. The van der Waals surface area contributed by atoms with Gasteiger partial charge in [-0.1, -0.05) is 18.2 Å². The zero-order valence-corrected chi connectivity index (χ0v) is 18.7. The van der Waals surface area contributed by atoms with Crippen LogP contribution < -0.4 is 16.8 Å². The molecule has 1 aromatic rings. The molecule has 12 heteroatoms. The maximum absolute atomic E-state index is 12.8. The van der Waals surface area contributed by atoms with Crippen molar-refractivity contribution in [3.63, 3.8) is 0 Å². The van der Waals surface area contributed by atoms with Gasteiger partial charge < -0.3 is 26.3 Å². The van der Waals surface area contributed by atoms with Crippen LogP contribution in [0, 0.1) is 10.1 Å². The third-order valence-electron chi connectivity index (χ3n) is 4.35. The van der Waals surface area contributed by atoms with Crippen LogP contribution in [0.1, 0.15) is 25.3 Å². The largest absolute Gasteiger partial charge is 0.461 e. The Morgan fingerprint density at radius 1 is 1.00 bits per heavy atom. The van der Waals surface area contributed by atoms with Crippen molar-refractivity contribution in [1.29, 1.82) is 0 Å². The zero-order chi connectivity index (χ0) is 21.6. The molecule has 0 aliphatic carbocycles. The predicted molar refractivity (Wildman–Crippen MR) is 119 cm³/mol. The SMILES string of the molecule is CC1=C(C(=O)OCCN)C(c2ccccc2[N+](=O)[O-])C(C(=O)OCCN)=C(C)N1.Cl.Cl. The fraction of sp³-hybridized carbons (Fsp3) is 0.368. The van der Waals surface area contributed by atoms with Crippen LogP contribution in [0.15, 0.2) is 46.8 Å². The van der Waals surface area contributed by atoms with Gasteiger partial charge in [-0.3, -0.25) is 10.1 Å². The molecule has 0 atom stereocenters. The maximum Gasteiger partial charge on any atom is 0.336 e. The van der Waals surface area contributed by atoms with Gasteiger partial charge in [0.1, 0.15) is 13.2 Å². The number of nitrogens with zero attached hydrogens (tertiary/aromatic N) is 1. The lowest BCUT2D eigenvalue weighted by Gasteiger charge is -2.30. The Morgan fingerprint density at radius 2 is 1.45 bits per heavy atom. The second-order valence-corrected chi connectivity index (χ2v) is 6.30. The molecule has 1 aliphatic heterocycles. The van der Waals surface area contributed by atoms with E-state index in [2.05, 4.69) is 5.32 Å². The second kappa shape index (κ2) is 12.9. The van der Waals surface area contributed by atoms with Crippen LogP contribution in [-0.2, 0) is 19.1 Å². The quantitative estimate of drug-likeness (QED) is 0.288. The van der Waals surface area contributed by atoms with Crippen molar-refractivity contribution in [2.24, 2.45) is 11.5 Å². The Bertz CT molecular complexity index is 846. The first-order valence-corrected chi connectivity index (χ1v) is 8.99. The molecule has 10 nitrogen and oxygen atoms in total. The van der Waals surface area contributed by atoms with Crippen LogP contribution in [0.25, 0.3) is 0 Å². The van der Waals surface area contributed by atoms with Crippen molar-refractivity contribution >= 4 is 42.4 Å². The summed E-state index contributed by atoms with van der Waals surface area (Å²) in [5.74, 6) is -2.49. The van der Waals surface area contributed by atoms with Crippen molar-refractivity contribution in [1.82, 2.24) is 5.32 Å². The molecule has 0 saturated carbocycles. The van der Waals surface area contributed by atoms with Gasteiger partial charge in [-0.05, 0) is 13.8 Å². The summed E-state index contributed by atoms with van der Waals surface area (Å²) in [5, 5.41) is 14.6. The summed E-state index contributed by atoms with van der Waals surface area (Å²) in [5.41, 5.74) is 11.8. The molecule has 0 amide bonds.